The molecule has 6 heteroatoms. The van der Waals surface area contributed by atoms with E-state index in [1.807, 2.05) is 30.5 Å². The number of aromatic amines is 2. The Kier molecular flexibility index (Phi) is 4.33. The lowest BCUT2D eigenvalue weighted by Crippen LogP contribution is -2.24. The Labute approximate surface area is 112 Å². The maximum atomic E-state index is 11.5. The Morgan fingerprint density at radius 1 is 1.11 bits per heavy atom. The lowest BCUT2D eigenvalue weighted by molar-refractivity contribution is 1.00. The second-order valence-electron chi connectivity index (χ2n) is 3.56. The van der Waals surface area contributed by atoms with Crippen molar-refractivity contribution in [2.45, 2.75) is 15.5 Å². The van der Waals surface area contributed by atoms with E-state index in [0.717, 1.165) is 4.90 Å². The van der Waals surface area contributed by atoms with Gasteiger partial charge < -0.3 is 4.98 Å². The molecule has 2 rings (SSSR count). The summed E-state index contributed by atoms with van der Waals surface area (Å²) in [6.07, 6.45) is 3.49. The van der Waals surface area contributed by atoms with Gasteiger partial charge in [0.25, 0.3) is 5.56 Å². The number of aromatic nitrogens is 2. The normalized spacial score (nSPS) is 10.5. The SMILES string of the molecule is CSc1ccc(SCc2c[nH]c(=O)[nH]c2=O)cc1. The van der Waals surface area contributed by atoms with Crippen molar-refractivity contribution < 1.29 is 0 Å². The van der Waals surface area contributed by atoms with E-state index >= 15 is 0 Å². The van der Waals surface area contributed by atoms with Crippen LogP contribution in [-0.4, -0.2) is 16.2 Å². The summed E-state index contributed by atoms with van der Waals surface area (Å²) in [5, 5.41) is 0. The van der Waals surface area contributed by atoms with Gasteiger partial charge in [-0.3, -0.25) is 9.78 Å². The molecule has 0 aliphatic heterocycles. The van der Waals surface area contributed by atoms with E-state index in [4.69, 9.17) is 0 Å². The highest BCUT2D eigenvalue weighted by Crippen LogP contribution is 2.24. The topological polar surface area (TPSA) is 65.7 Å². The minimum atomic E-state index is -0.474. The van der Waals surface area contributed by atoms with Crippen LogP contribution in [0.15, 0.2) is 49.8 Å². The molecule has 1 heterocycles. The molecule has 18 heavy (non-hydrogen) atoms. The second kappa shape index (κ2) is 5.97. The average Bonchev–Trinajstić information content (AvgIpc) is 2.38. The zero-order valence-electron chi connectivity index (χ0n) is 9.73. The number of hydrogen-bond acceptors (Lipinski definition) is 4. The predicted octanol–water partition coefficient (Wildman–Crippen LogP) is 2.08. The van der Waals surface area contributed by atoms with E-state index in [1.54, 1.807) is 23.5 Å². The molecule has 0 unspecified atom stereocenters. The van der Waals surface area contributed by atoms with Crippen molar-refractivity contribution in [1.82, 2.24) is 9.97 Å². The molecule has 0 aliphatic rings. The number of benzene rings is 1. The molecule has 0 aliphatic carbocycles. The average molecular weight is 280 g/mol. The van der Waals surface area contributed by atoms with Crippen molar-refractivity contribution in [2.75, 3.05) is 6.26 Å². The first-order chi connectivity index (χ1) is 8.69. The van der Waals surface area contributed by atoms with Crippen LogP contribution in [0.2, 0.25) is 0 Å². The van der Waals surface area contributed by atoms with Gasteiger partial charge in [-0.15, -0.1) is 23.5 Å². The first-order valence-corrected chi connectivity index (χ1v) is 7.48. The van der Waals surface area contributed by atoms with Gasteiger partial charge in [-0.25, -0.2) is 4.79 Å². The van der Waals surface area contributed by atoms with E-state index in [2.05, 4.69) is 9.97 Å². The van der Waals surface area contributed by atoms with Gasteiger partial charge in [0, 0.05) is 27.3 Å². The first kappa shape index (κ1) is 13.0. The highest BCUT2D eigenvalue weighted by Gasteiger charge is 2.01. The molecule has 2 N–H and O–H groups in total. The summed E-state index contributed by atoms with van der Waals surface area (Å²) in [6, 6.07) is 8.14. The summed E-state index contributed by atoms with van der Waals surface area (Å²) < 4.78 is 0. The summed E-state index contributed by atoms with van der Waals surface area (Å²) in [4.78, 5) is 29.3. The van der Waals surface area contributed by atoms with Crippen LogP contribution >= 0.6 is 23.5 Å². The molecular weight excluding hydrogens is 268 g/mol. The molecule has 0 atom stereocenters. The lowest BCUT2D eigenvalue weighted by Gasteiger charge is -2.02. The molecule has 4 nitrogen and oxygen atoms in total. The van der Waals surface area contributed by atoms with Crippen LogP contribution in [0.1, 0.15) is 5.56 Å². The van der Waals surface area contributed by atoms with Crippen molar-refractivity contribution in [2.24, 2.45) is 0 Å². The van der Waals surface area contributed by atoms with E-state index in [1.165, 1.54) is 11.1 Å². The fraction of sp³-hybridized carbons (Fsp3) is 0.167. The third-order valence-corrected chi connectivity index (χ3v) is 4.15. The standard InChI is InChI=1S/C12H12N2O2S2/c1-17-9-2-4-10(5-3-9)18-7-8-6-13-12(16)14-11(8)15/h2-6H,7H2,1H3,(H2,13,14,15,16). The van der Waals surface area contributed by atoms with Crippen molar-refractivity contribution in [3.63, 3.8) is 0 Å². The highest BCUT2D eigenvalue weighted by molar-refractivity contribution is 7.99. The molecule has 0 fully saturated rings. The van der Waals surface area contributed by atoms with E-state index in [9.17, 15) is 9.59 Å². The number of H-pyrrole nitrogens is 2. The monoisotopic (exact) mass is 280 g/mol. The molecule has 0 amide bonds. The predicted molar refractivity (Wildman–Crippen MR) is 75.5 cm³/mol. The maximum Gasteiger partial charge on any atom is 0.325 e. The van der Waals surface area contributed by atoms with Crippen LogP contribution in [0.25, 0.3) is 0 Å². The van der Waals surface area contributed by atoms with Crippen molar-refractivity contribution in [3.05, 3.63) is 56.9 Å². The fourth-order valence-electron chi connectivity index (χ4n) is 1.38. The Bertz CT molecular complexity index is 632. The van der Waals surface area contributed by atoms with Gasteiger partial charge in [0.15, 0.2) is 0 Å². The number of rotatable bonds is 4. The van der Waals surface area contributed by atoms with Crippen LogP contribution in [0.4, 0.5) is 0 Å². The van der Waals surface area contributed by atoms with E-state index in [-0.39, 0.29) is 5.56 Å². The van der Waals surface area contributed by atoms with Crippen LogP contribution < -0.4 is 11.2 Å². The van der Waals surface area contributed by atoms with Crippen LogP contribution in [0.3, 0.4) is 0 Å². The van der Waals surface area contributed by atoms with Gasteiger partial charge in [-0.05, 0) is 30.5 Å². The Morgan fingerprint density at radius 2 is 1.78 bits per heavy atom. The van der Waals surface area contributed by atoms with Gasteiger partial charge in [0.05, 0.1) is 0 Å². The van der Waals surface area contributed by atoms with Gasteiger partial charge in [-0.2, -0.15) is 0 Å². The number of hydrogen-bond donors (Lipinski definition) is 2. The maximum absolute atomic E-state index is 11.5. The lowest BCUT2D eigenvalue weighted by atomic mass is 10.4. The molecule has 0 radical (unpaired) electrons. The summed E-state index contributed by atoms with van der Waals surface area (Å²) in [6.45, 7) is 0. The molecule has 2 aromatic rings. The van der Waals surface area contributed by atoms with E-state index in [0.29, 0.717) is 11.3 Å². The smallest absolute Gasteiger partial charge is 0.314 e. The first-order valence-electron chi connectivity index (χ1n) is 5.27. The largest absolute Gasteiger partial charge is 0.325 e. The molecule has 0 saturated heterocycles. The number of thioether (sulfide) groups is 2. The quantitative estimate of drug-likeness (QED) is 0.842. The Morgan fingerprint density at radius 3 is 2.39 bits per heavy atom. The Hall–Kier alpha value is -1.40. The summed E-state index contributed by atoms with van der Waals surface area (Å²) >= 11 is 3.25. The van der Waals surface area contributed by atoms with Crippen molar-refractivity contribution in [1.29, 1.82) is 0 Å². The third kappa shape index (κ3) is 3.30. The Balaban J connectivity index is 2.06. The van der Waals surface area contributed by atoms with Crippen LogP contribution in [0, 0.1) is 0 Å². The van der Waals surface area contributed by atoms with E-state index < -0.39 is 5.69 Å². The third-order valence-electron chi connectivity index (χ3n) is 2.35. The second-order valence-corrected chi connectivity index (χ2v) is 5.49. The minimum Gasteiger partial charge on any atom is -0.314 e. The zero-order chi connectivity index (χ0) is 13.0. The highest BCUT2D eigenvalue weighted by atomic mass is 32.2. The fourth-order valence-corrected chi connectivity index (χ4v) is 2.65. The van der Waals surface area contributed by atoms with Crippen molar-refractivity contribution in [3.8, 4) is 0 Å². The summed E-state index contributed by atoms with van der Waals surface area (Å²) in [5.41, 5.74) is -0.237. The molecule has 1 aromatic heterocycles. The van der Waals surface area contributed by atoms with Gasteiger partial charge in [-0.1, -0.05) is 0 Å². The molecule has 94 valence electrons. The summed E-state index contributed by atoms with van der Waals surface area (Å²) in [5.74, 6) is 0.532. The van der Waals surface area contributed by atoms with Crippen LogP contribution in [-0.2, 0) is 5.75 Å². The molecular formula is C12H12N2O2S2. The van der Waals surface area contributed by atoms with Gasteiger partial charge in [0.2, 0.25) is 0 Å². The molecule has 0 saturated carbocycles. The number of nitrogens with one attached hydrogen (secondary N) is 2. The van der Waals surface area contributed by atoms with Crippen LogP contribution in [0.5, 0.6) is 0 Å². The van der Waals surface area contributed by atoms with Gasteiger partial charge >= 0.3 is 5.69 Å². The van der Waals surface area contributed by atoms with Crippen molar-refractivity contribution >= 4 is 23.5 Å². The molecule has 0 bridgehead atoms. The minimum absolute atomic E-state index is 0.327. The zero-order valence-corrected chi connectivity index (χ0v) is 11.4. The van der Waals surface area contributed by atoms with Gasteiger partial charge in [0.1, 0.15) is 0 Å². The summed E-state index contributed by atoms with van der Waals surface area (Å²) in [7, 11) is 0. The molecule has 1 aromatic carbocycles. The molecule has 0 spiro atoms.